The zero-order chi connectivity index (χ0) is 14.2. The fourth-order valence-electron chi connectivity index (χ4n) is 1.66. The van der Waals surface area contributed by atoms with E-state index in [0.717, 1.165) is 5.75 Å². The highest BCUT2D eigenvalue weighted by Crippen LogP contribution is 2.11. The summed E-state index contributed by atoms with van der Waals surface area (Å²) in [5.41, 5.74) is 0. The van der Waals surface area contributed by atoms with E-state index >= 15 is 0 Å². The van der Waals surface area contributed by atoms with Gasteiger partial charge in [-0.1, -0.05) is 18.2 Å². The molecule has 2 aromatic rings. The van der Waals surface area contributed by atoms with Gasteiger partial charge in [0, 0.05) is 0 Å². The second kappa shape index (κ2) is 7.35. The summed E-state index contributed by atoms with van der Waals surface area (Å²) in [5, 5.41) is 12.4. The summed E-state index contributed by atoms with van der Waals surface area (Å²) in [6.07, 6.45) is 0.886. The Morgan fingerprint density at radius 2 is 2.05 bits per heavy atom. The molecule has 106 valence electrons. The number of aliphatic hydroxyl groups is 1. The van der Waals surface area contributed by atoms with E-state index < -0.39 is 6.10 Å². The molecule has 5 nitrogen and oxygen atoms in total. The van der Waals surface area contributed by atoms with E-state index in [2.05, 4.69) is 5.32 Å². The third kappa shape index (κ3) is 4.44. The summed E-state index contributed by atoms with van der Waals surface area (Å²) in [7, 11) is 0. The molecule has 1 amide bonds. The van der Waals surface area contributed by atoms with Crippen molar-refractivity contribution in [1.82, 2.24) is 5.32 Å². The minimum Gasteiger partial charge on any atom is -0.493 e. The number of amides is 1. The maximum absolute atomic E-state index is 11.6. The third-order valence-electron chi connectivity index (χ3n) is 2.71. The van der Waals surface area contributed by atoms with E-state index in [9.17, 15) is 9.90 Å². The van der Waals surface area contributed by atoms with Crippen molar-refractivity contribution in [3.63, 3.8) is 0 Å². The van der Waals surface area contributed by atoms with Crippen LogP contribution in [0.25, 0.3) is 0 Å². The van der Waals surface area contributed by atoms with E-state index in [4.69, 9.17) is 9.15 Å². The molecule has 1 aromatic carbocycles. The van der Waals surface area contributed by atoms with Gasteiger partial charge in [-0.2, -0.15) is 0 Å². The van der Waals surface area contributed by atoms with Crippen LogP contribution in [-0.2, 0) is 4.79 Å². The van der Waals surface area contributed by atoms with Gasteiger partial charge in [0.2, 0.25) is 5.91 Å². The number of benzene rings is 1. The quantitative estimate of drug-likeness (QED) is 0.809. The largest absolute Gasteiger partial charge is 0.493 e. The van der Waals surface area contributed by atoms with Crippen molar-refractivity contribution < 1.29 is 19.1 Å². The summed E-state index contributed by atoms with van der Waals surface area (Å²) in [6, 6.07) is 12.7. The van der Waals surface area contributed by atoms with E-state index in [1.54, 1.807) is 12.1 Å². The first-order valence-corrected chi connectivity index (χ1v) is 6.42. The van der Waals surface area contributed by atoms with Gasteiger partial charge in [0.15, 0.2) is 0 Å². The Hall–Kier alpha value is -2.27. The predicted molar refractivity (Wildman–Crippen MR) is 73.2 cm³/mol. The molecule has 1 heterocycles. The van der Waals surface area contributed by atoms with Gasteiger partial charge in [0.25, 0.3) is 0 Å². The highest BCUT2D eigenvalue weighted by atomic mass is 16.5. The van der Waals surface area contributed by atoms with Crippen LogP contribution in [-0.4, -0.2) is 24.2 Å². The summed E-state index contributed by atoms with van der Waals surface area (Å²) < 4.78 is 10.5. The first-order valence-electron chi connectivity index (χ1n) is 6.42. The molecular formula is C15H17NO4. The molecule has 0 saturated carbocycles. The average Bonchev–Trinajstić information content (AvgIpc) is 3.00. The van der Waals surface area contributed by atoms with Crippen molar-refractivity contribution in [1.29, 1.82) is 0 Å². The molecule has 0 aliphatic carbocycles. The normalized spacial score (nSPS) is 11.8. The molecule has 0 spiro atoms. The summed E-state index contributed by atoms with van der Waals surface area (Å²) in [4.78, 5) is 11.6. The number of rotatable bonds is 7. The second-order valence-electron chi connectivity index (χ2n) is 4.25. The first-order chi connectivity index (χ1) is 9.75. The highest BCUT2D eigenvalue weighted by Gasteiger charge is 2.11. The molecule has 0 fully saturated rings. The standard InChI is InChI=1S/C15H17NO4/c17-13(14-7-4-9-20-14)11-16-15(18)8-10-19-12-5-2-1-3-6-12/h1-7,9,13,17H,8,10-11H2,(H,16,18)/t13-/m1/s1. The SMILES string of the molecule is O=C(CCOc1ccccc1)NC[C@@H](O)c1ccco1. The van der Waals surface area contributed by atoms with E-state index in [-0.39, 0.29) is 18.9 Å². The summed E-state index contributed by atoms with van der Waals surface area (Å²) >= 11 is 0. The van der Waals surface area contributed by atoms with Crippen LogP contribution in [0.3, 0.4) is 0 Å². The lowest BCUT2D eigenvalue weighted by Gasteiger charge is -2.10. The molecule has 0 aliphatic rings. The monoisotopic (exact) mass is 275 g/mol. The van der Waals surface area contributed by atoms with Gasteiger partial charge < -0.3 is 19.6 Å². The van der Waals surface area contributed by atoms with Gasteiger partial charge >= 0.3 is 0 Å². The molecule has 0 bridgehead atoms. The minimum absolute atomic E-state index is 0.123. The van der Waals surface area contributed by atoms with Crippen molar-refractivity contribution >= 4 is 5.91 Å². The third-order valence-corrected chi connectivity index (χ3v) is 2.71. The number of hydrogen-bond donors (Lipinski definition) is 2. The lowest BCUT2D eigenvalue weighted by Crippen LogP contribution is -2.29. The molecule has 5 heteroatoms. The average molecular weight is 275 g/mol. The van der Waals surface area contributed by atoms with Gasteiger partial charge in [-0.3, -0.25) is 4.79 Å². The Kier molecular flexibility index (Phi) is 5.20. The molecular weight excluding hydrogens is 258 g/mol. The number of carbonyl (C=O) groups is 1. The molecule has 0 aliphatic heterocycles. The molecule has 0 saturated heterocycles. The lowest BCUT2D eigenvalue weighted by molar-refractivity contribution is -0.122. The maximum Gasteiger partial charge on any atom is 0.223 e. The first kappa shape index (κ1) is 14.1. The van der Waals surface area contributed by atoms with E-state index in [0.29, 0.717) is 12.4 Å². The van der Waals surface area contributed by atoms with Crippen LogP contribution in [0.2, 0.25) is 0 Å². The molecule has 0 radical (unpaired) electrons. The minimum atomic E-state index is -0.830. The second-order valence-corrected chi connectivity index (χ2v) is 4.25. The Bertz CT molecular complexity index is 510. The van der Waals surface area contributed by atoms with Gasteiger partial charge in [-0.25, -0.2) is 0 Å². The predicted octanol–water partition coefficient (Wildman–Crippen LogP) is 1.90. The van der Waals surface area contributed by atoms with Crippen molar-refractivity contribution in [2.45, 2.75) is 12.5 Å². The van der Waals surface area contributed by atoms with Crippen LogP contribution < -0.4 is 10.1 Å². The van der Waals surface area contributed by atoms with Crippen molar-refractivity contribution in [2.75, 3.05) is 13.2 Å². The zero-order valence-electron chi connectivity index (χ0n) is 11.0. The van der Waals surface area contributed by atoms with Crippen LogP contribution in [0.4, 0.5) is 0 Å². The van der Waals surface area contributed by atoms with Crippen LogP contribution in [0.1, 0.15) is 18.3 Å². The number of para-hydroxylation sites is 1. The van der Waals surface area contributed by atoms with Crippen LogP contribution >= 0.6 is 0 Å². The number of nitrogens with one attached hydrogen (secondary N) is 1. The molecule has 1 atom stereocenters. The lowest BCUT2D eigenvalue weighted by atomic mass is 10.2. The molecule has 2 rings (SSSR count). The smallest absolute Gasteiger partial charge is 0.223 e. The number of hydrogen-bond acceptors (Lipinski definition) is 4. The van der Waals surface area contributed by atoms with Gasteiger partial charge in [-0.15, -0.1) is 0 Å². The molecule has 1 aromatic heterocycles. The highest BCUT2D eigenvalue weighted by molar-refractivity contribution is 5.76. The fraction of sp³-hybridized carbons (Fsp3) is 0.267. The van der Waals surface area contributed by atoms with Gasteiger partial charge in [-0.05, 0) is 24.3 Å². The number of furan rings is 1. The Balaban J connectivity index is 1.63. The van der Waals surface area contributed by atoms with Gasteiger partial charge in [0.1, 0.15) is 17.6 Å². The number of carbonyl (C=O) groups excluding carboxylic acids is 1. The molecule has 2 N–H and O–H groups in total. The van der Waals surface area contributed by atoms with Crippen LogP contribution in [0.15, 0.2) is 53.1 Å². The van der Waals surface area contributed by atoms with Crippen LogP contribution in [0.5, 0.6) is 5.75 Å². The zero-order valence-corrected chi connectivity index (χ0v) is 11.0. The molecule has 0 unspecified atom stereocenters. The van der Waals surface area contributed by atoms with E-state index in [1.807, 2.05) is 30.3 Å². The van der Waals surface area contributed by atoms with Crippen molar-refractivity contribution in [3.8, 4) is 5.75 Å². The Morgan fingerprint density at radius 3 is 2.75 bits per heavy atom. The summed E-state index contributed by atoms with van der Waals surface area (Å²) in [6.45, 7) is 0.421. The van der Waals surface area contributed by atoms with Crippen molar-refractivity contribution in [3.05, 3.63) is 54.5 Å². The Labute approximate surface area is 117 Å². The van der Waals surface area contributed by atoms with Crippen molar-refractivity contribution in [2.24, 2.45) is 0 Å². The van der Waals surface area contributed by atoms with Gasteiger partial charge in [0.05, 0.1) is 25.8 Å². The maximum atomic E-state index is 11.6. The Morgan fingerprint density at radius 1 is 1.25 bits per heavy atom. The summed E-state index contributed by atoms with van der Waals surface area (Å²) in [5.74, 6) is 0.994. The topological polar surface area (TPSA) is 71.7 Å². The number of ether oxygens (including phenoxy) is 1. The number of aliphatic hydroxyl groups excluding tert-OH is 1. The van der Waals surface area contributed by atoms with Crippen LogP contribution in [0, 0.1) is 0 Å². The van der Waals surface area contributed by atoms with E-state index in [1.165, 1.54) is 6.26 Å². The fourth-order valence-corrected chi connectivity index (χ4v) is 1.66. The molecule has 20 heavy (non-hydrogen) atoms.